The van der Waals surface area contributed by atoms with Crippen LogP contribution in [0.15, 0.2) is 15.9 Å². The highest BCUT2D eigenvalue weighted by Gasteiger charge is 2.31. The van der Waals surface area contributed by atoms with Crippen molar-refractivity contribution in [3.8, 4) is 0 Å². The maximum absolute atomic E-state index is 11.4. The monoisotopic (exact) mass is 303 g/mol. The van der Waals surface area contributed by atoms with Gasteiger partial charge >= 0.3 is 5.97 Å². The van der Waals surface area contributed by atoms with E-state index in [1.165, 1.54) is 11.3 Å². The fraction of sp³-hybridized carbons (Fsp3) is 0.545. The number of hydrogen-bond donors (Lipinski definition) is 2. The van der Waals surface area contributed by atoms with E-state index in [4.69, 9.17) is 0 Å². The molecule has 0 saturated carbocycles. The van der Waals surface area contributed by atoms with Crippen LogP contribution in [-0.2, 0) is 4.79 Å². The second-order valence-electron chi connectivity index (χ2n) is 4.05. The first-order valence-corrected chi connectivity index (χ1v) is 6.98. The van der Waals surface area contributed by atoms with Gasteiger partial charge in [0.05, 0.1) is 9.70 Å². The quantitative estimate of drug-likeness (QED) is 0.902. The van der Waals surface area contributed by atoms with Crippen LogP contribution in [0.4, 0.5) is 0 Å². The van der Waals surface area contributed by atoms with Crippen LogP contribution in [0.1, 0.15) is 23.6 Å². The van der Waals surface area contributed by atoms with Gasteiger partial charge in [0.2, 0.25) is 0 Å². The lowest BCUT2D eigenvalue weighted by Gasteiger charge is -2.27. The number of thiophene rings is 1. The van der Waals surface area contributed by atoms with Crippen molar-refractivity contribution in [1.29, 1.82) is 0 Å². The third-order valence-electron chi connectivity index (χ3n) is 3.02. The van der Waals surface area contributed by atoms with Gasteiger partial charge in [-0.25, -0.2) is 0 Å². The van der Waals surface area contributed by atoms with Crippen molar-refractivity contribution in [2.75, 3.05) is 13.1 Å². The third-order valence-corrected chi connectivity index (χ3v) is 4.73. The third kappa shape index (κ3) is 2.64. The molecule has 0 spiro atoms. The predicted octanol–water partition coefficient (Wildman–Crippen LogP) is 2.68. The summed E-state index contributed by atoms with van der Waals surface area (Å²) >= 11 is 4.92. The molecular formula is C11H14BrNO2S. The van der Waals surface area contributed by atoms with E-state index in [0.29, 0.717) is 0 Å². The lowest BCUT2D eigenvalue weighted by atomic mass is 9.84. The van der Waals surface area contributed by atoms with E-state index in [1.54, 1.807) is 0 Å². The molecule has 0 amide bonds. The van der Waals surface area contributed by atoms with Crippen LogP contribution in [0, 0.1) is 5.92 Å². The Morgan fingerprint density at radius 3 is 2.69 bits per heavy atom. The maximum atomic E-state index is 11.4. The molecular weight excluding hydrogens is 290 g/mol. The van der Waals surface area contributed by atoms with E-state index in [-0.39, 0.29) is 11.8 Å². The van der Waals surface area contributed by atoms with Crippen molar-refractivity contribution in [2.45, 2.75) is 18.8 Å². The molecule has 2 heterocycles. The Bertz CT molecular complexity index is 374. The number of aliphatic carboxylic acids is 1. The van der Waals surface area contributed by atoms with E-state index < -0.39 is 5.97 Å². The Morgan fingerprint density at radius 1 is 1.50 bits per heavy atom. The summed E-state index contributed by atoms with van der Waals surface area (Å²) in [6.45, 7) is 1.86. The van der Waals surface area contributed by atoms with Crippen LogP contribution in [0.5, 0.6) is 0 Å². The van der Waals surface area contributed by atoms with Gasteiger partial charge in [-0.15, -0.1) is 11.3 Å². The average Bonchev–Trinajstić information content (AvgIpc) is 2.66. The molecule has 3 nitrogen and oxygen atoms in total. The Kier molecular flexibility index (Phi) is 4.00. The SMILES string of the molecule is O=C(O)C(c1ccc(Br)s1)C1CCNCC1. The molecule has 1 fully saturated rings. The number of nitrogens with one attached hydrogen (secondary N) is 1. The molecule has 0 aromatic carbocycles. The number of carbonyl (C=O) groups is 1. The molecule has 1 saturated heterocycles. The molecule has 0 aliphatic carbocycles. The second kappa shape index (κ2) is 5.29. The lowest BCUT2D eigenvalue weighted by Crippen LogP contribution is -2.33. The average molecular weight is 304 g/mol. The largest absolute Gasteiger partial charge is 0.481 e. The minimum Gasteiger partial charge on any atom is -0.481 e. The van der Waals surface area contributed by atoms with Gasteiger partial charge in [0.15, 0.2) is 0 Å². The molecule has 1 aromatic heterocycles. The maximum Gasteiger partial charge on any atom is 0.312 e. The number of rotatable bonds is 3. The smallest absolute Gasteiger partial charge is 0.312 e. The van der Waals surface area contributed by atoms with E-state index >= 15 is 0 Å². The summed E-state index contributed by atoms with van der Waals surface area (Å²) in [5, 5.41) is 12.6. The fourth-order valence-electron chi connectivity index (χ4n) is 2.23. The van der Waals surface area contributed by atoms with Gasteiger partial charge in [0, 0.05) is 4.88 Å². The van der Waals surface area contributed by atoms with Crippen LogP contribution >= 0.6 is 27.3 Å². The first-order valence-electron chi connectivity index (χ1n) is 5.37. The van der Waals surface area contributed by atoms with Crippen molar-refractivity contribution < 1.29 is 9.90 Å². The fourth-order valence-corrected chi connectivity index (χ4v) is 3.84. The molecule has 88 valence electrons. The summed E-state index contributed by atoms with van der Waals surface area (Å²) in [7, 11) is 0. The standard InChI is InChI=1S/C11H14BrNO2S/c12-9-2-1-8(16-9)10(11(14)15)7-3-5-13-6-4-7/h1-2,7,10,13H,3-6H2,(H,14,15). The Hall–Kier alpha value is -0.390. The van der Waals surface area contributed by atoms with Gasteiger partial charge in [-0.3, -0.25) is 4.79 Å². The van der Waals surface area contributed by atoms with E-state index in [2.05, 4.69) is 21.2 Å². The van der Waals surface area contributed by atoms with Crippen LogP contribution in [0.25, 0.3) is 0 Å². The van der Waals surface area contributed by atoms with Crippen molar-refractivity contribution in [3.05, 3.63) is 20.8 Å². The minimum absolute atomic E-state index is 0.268. The molecule has 1 aliphatic heterocycles. The van der Waals surface area contributed by atoms with Gasteiger partial charge in [-0.2, -0.15) is 0 Å². The van der Waals surface area contributed by atoms with Crippen molar-refractivity contribution in [2.24, 2.45) is 5.92 Å². The predicted molar refractivity (Wildman–Crippen MR) is 68.0 cm³/mol. The zero-order chi connectivity index (χ0) is 11.5. The van der Waals surface area contributed by atoms with Gasteiger partial charge in [-0.05, 0) is 59.9 Å². The Balaban J connectivity index is 2.19. The molecule has 1 unspecified atom stereocenters. The van der Waals surface area contributed by atoms with Crippen LogP contribution in [-0.4, -0.2) is 24.2 Å². The molecule has 1 aliphatic rings. The van der Waals surface area contributed by atoms with Gasteiger partial charge in [0.1, 0.15) is 0 Å². The summed E-state index contributed by atoms with van der Waals surface area (Å²) in [6.07, 6.45) is 1.90. The highest BCUT2D eigenvalue weighted by atomic mass is 79.9. The van der Waals surface area contributed by atoms with Gasteiger partial charge in [0.25, 0.3) is 0 Å². The first-order chi connectivity index (χ1) is 7.68. The summed E-state index contributed by atoms with van der Waals surface area (Å²) < 4.78 is 1.00. The van der Waals surface area contributed by atoms with Crippen LogP contribution in [0.3, 0.4) is 0 Å². The summed E-state index contributed by atoms with van der Waals surface area (Å²) in [5.74, 6) is -0.760. The molecule has 0 radical (unpaired) electrons. The molecule has 0 bridgehead atoms. The lowest BCUT2D eigenvalue weighted by molar-refractivity contribution is -0.140. The number of piperidine rings is 1. The van der Waals surface area contributed by atoms with Gasteiger partial charge < -0.3 is 10.4 Å². The minimum atomic E-state index is -0.693. The molecule has 1 atom stereocenters. The molecule has 2 rings (SSSR count). The topological polar surface area (TPSA) is 49.3 Å². The van der Waals surface area contributed by atoms with E-state index in [9.17, 15) is 9.90 Å². The van der Waals surface area contributed by atoms with E-state index in [1.807, 2.05) is 12.1 Å². The summed E-state index contributed by atoms with van der Waals surface area (Å²) in [5.41, 5.74) is 0. The van der Waals surface area contributed by atoms with Crippen molar-refractivity contribution >= 4 is 33.2 Å². The van der Waals surface area contributed by atoms with E-state index in [0.717, 1.165) is 34.6 Å². The molecule has 2 N–H and O–H groups in total. The zero-order valence-electron chi connectivity index (χ0n) is 8.78. The summed E-state index contributed by atoms with van der Waals surface area (Å²) in [4.78, 5) is 12.3. The molecule has 5 heteroatoms. The normalized spacial score (nSPS) is 19.6. The highest BCUT2D eigenvalue weighted by Crippen LogP contribution is 2.36. The number of hydrogen-bond acceptors (Lipinski definition) is 3. The summed E-state index contributed by atoms with van der Waals surface area (Å²) in [6, 6.07) is 3.85. The molecule has 16 heavy (non-hydrogen) atoms. The highest BCUT2D eigenvalue weighted by molar-refractivity contribution is 9.11. The number of carboxylic acids is 1. The zero-order valence-corrected chi connectivity index (χ0v) is 11.2. The number of halogens is 1. The number of carboxylic acid groups (broad SMARTS) is 1. The molecule has 1 aromatic rings. The Morgan fingerprint density at radius 2 is 2.19 bits per heavy atom. The van der Waals surface area contributed by atoms with Gasteiger partial charge in [-0.1, -0.05) is 0 Å². The van der Waals surface area contributed by atoms with Crippen molar-refractivity contribution in [3.63, 3.8) is 0 Å². The second-order valence-corrected chi connectivity index (χ2v) is 6.54. The van der Waals surface area contributed by atoms with Crippen molar-refractivity contribution in [1.82, 2.24) is 5.32 Å². The first kappa shape index (κ1) is 12.1. The van der Waals surface area contributed by atoms with Crippen LogP contribution in [0.2, 0.25) is 0 Å². The Labute approximate surface area is 107 Å². The van der Waals surface area contributed by atoms with Crippen LogP contribution < -0.4 is 5.32 Å².